The first-order valence-corrected chi connectivity index (χ1v) is 4.78. The molecule has 0 atom stereocenters. The molecule has 1 aliphatic rings. The molecule has 0 aromatic heterocycles. The fourth-order valence-corrected chi connectivity index (χ4v) is 1.63. The molecular weight excluding hydrogens is 160 g/mol. The van der Waals surface area contributed by atoms with E-state index >= 15 is 0 Å². The molecule has 0 spiro atoms. The average Bonchev–Trinajstić information content (AvgIpc) is 2.06. The van der Waals surface area contributed by atoms with Gasteiger partial charge in [-0.15, -0.1) is 0 Å². The van der Waals surface area contributed by atoms with Crippen molar-refractivity contribution >= 4 is 5.69 Å². The third kappa shape index (κ3) is 1.68. The van der Waals surface area contributed by atoms with E-state index in [1.165, 1.54) is 11.3 Å². The van der Waals surface area contributed by atoms with Gasteiger partial charge >= 0.3 is 0 Å². The highest BCUT2D eigenvalue weighted by Crippen LogP contribution is 2.20. The minimum atomic E-state index is 0.682. The summed E-state index contributed by atoms with van der Waals surface area (Å²) in [6.45, 7) is 4.40. The number of benzene rings is 1. The van der Waals surface area contributed by atoms with Crippen LogP contribution in [0.25, 0.3) is 0 Å². The Morgan fingerprint density at radius 1 is 1.23 bits per heavy atom. The van der Waals surface area contributed by atoms with E-state index in [9.17, 15) is 0 Å². The molecule has 0 saturated carbocycles. The number of aryl methyl sites for hydroxylation is 1. The van der Waals surface area contributed by atoms with E-state index < -0.39 is 0 Å². The van der Waals surface area contributed by atoms with Gasteiger partial charge in [0.25, 0.3) is 0 Å². The molecule has 1 saturated heterocycles. The summed E-state index contributed by atoms with van der Waals surface area (Å²) in [6.07, 6.45) is 0. The summed E-state index contributed by atoms with van der Waals surface area (Å²) >= 11 is 0. The second kappa shape index (κ2) is 3.38. The summed E-state index contributed by atoms with van der Waals surface area (Å²) < 4.78 is 0. The van der Waals surface area contributed by atoms with Gasteiger partial charge in [-0.2, -0.15) is 0 Å². The molecule has 1 aromatic carbocycles. The number of rotatable bonds is 2. The molecule has 0 amide bonds. The van der Waals surface area contributed by atoms with Gasteiger partial charge < -0.3 is 10.2 Å². The maximum atomic E-state index is 3.27. The predicted octanol–water partition coefficient (Wildman–Crippen LogP) is 1.40. The molecule has 2 nitrogen and oxygen atoms in total. The molecule has 2 heteroatoms. The Morgan fingerprint density at radius 3 is 2.38 bits per heavy atom. The maximum absolute atomic E-state index is 3.27. The van der Waals surface area contributed by atoms with E-state index in [4.69, 9.17) is 0 Å². The predicted molar refractivity (Wildman–Crippen MR) is 56.2 cm³/mol. The molecule has 0 aliphatic carbocycles. The fraction of sp³-hybridized carbons (Fsp3) is 0.455. The molecule has 1 aliphatic heterocycles. The van der Waals surface area contributed by atoms with E-state index in [0.717, 1.165) is 13.1 Å². The Morgan fingerprint density at radius 2 is 1.85 bits per heavy atom. The van der Waals surface area contributed by atoms with Crippen LogP contribution in [0.5, 0.6) is 0 Å². The molecular formula is C11H16N2. The second-order valence-electron chi connectivity index (χ2n) is 3.73. The molecule has 0 unspecified atom stereocenters. The number of anilines is 1. The Bertz CT molecular complexity index is 273. The van der Waals surface area contributed by atoms with Crippen LogP contribution in [0.2, 0.25) is 0 Å². The van der Waals surface area contributed by atoms with Crippen molar-refractivity contribution in [3.05, 3.63) is 29.8 Å². The minimum absolute atomic E-state index is 0.682. The molecule has 13 heavy (non-hydrogen) atoms. The van der Waals surface area contributed by atoms with E-state index in [-0.39, 0.29) is 0 Å². The lowest BCUT2D eigenvalue weighted by Gasteiger charge is -2.40. The van der Waals surface area contributed by atoms with Crippen LogP contribution >= 0.6 is 0 Å². The molecule has 1 aromatic rings. The van der Waals surface area contributed by atoms with Crippen molar-refractivity contribution in [1.82, 2.24) is 5.32 Å². The van der Waals surface area contributed by atoms with Crippen LogP contribution in [0.4, 0.5) is 5.69 Å². The lowest BCUT2D eigenvalue weighted by Crippen LogP contribution is -2.57. The quantitative estimate of drug-likeness (QED) is 0.733. The lowest BCUT2D eigenvalue weighted by molar-refractivity contribution is 0.450. The molecule has 1 N–H and O–H groups in total. The lowest BCUT2D eigenvalue weighted by atomic mass is 10.1. The van der Waals surface area contributed by atoms with Crippen LogP contribution in [0.15, 0.2) is 24.3 Å². The Balaban J connectivity index is 1.99. The van der Waals surface area contributed by atoms with Gasteiger partial charge in [0.1, 0.15) is 0 Å². The number of likely N-dealkylation sites (N-methyl/N-ethyl adjacent to an activating group) is 1. The summed E-state index contributed by atoms with van der Waals surface area (Å²) in [6, 6.07) is 9.41. The van der Waals surface area contributed by atoms with E-state index in [1.54, 1.807) is 0 Å². The van der Waals surface area contributed by atoms with Gasteiger partial charge in [-0.3, -0.25) is 0 Å². The molecule has 1 heterocycles. The van der Waals surface area contributed by atoms with Gasteiger partial charge in [-0.25, -0.2) is 0 Å². The smallest absolute Gasteiger partial charge is 0.0418 e. The van der Waals surface area contributed by atoms with Crippen molar-refractivity contribution < 1.29 is 0 Å². The Kier molecular flexibility index (Phi) is 2.23. The maximum Gasteiger partial charge on any atom is 0.0418 e. The monoisotopic (exact) mass is 176 g/mol. The fourth-order valence-electron chi connectivity index (χ4n) is 1.63. The molecule has 0 radical (unpaired) electrons. The van der Waals surface area contributed by atoms with E-state index in [1.807, 2.05) is 7.05 Å². The minimum Gasteiger partial charge on any atom is -0.368 e. The summed E-state index contributed by atoms with van der Waals surface area (Å²) in [4.78, 5) is 2.39. The van der Waals surface area contributed by atoms with Gasteiger partial charge in [0.05, 0.1) is 0 Å². The van der Waals surface area contributed by atoms with Gasteiger partial charge in [-0.05, 0) is 26.1 Å². The zero-order valence-electron chi connectivity index (χ0n) is 8.25. The first kappa shape index (κ1) is 8.57. The molecule has 1 fully saturated rings. The highest BCUT2D eigenvalue weighted by Gasteiger charge is 2.24. The average molecular weight is 176 g/mol. The van der Waals surface area contributed by atoms with Crippen LogP contribution in [0.3, 0.4) is 0 Å². The summed E-state index contributed by atoms with van der Waals surface area (Å²) in [5.74, 6) is 0. The van der Waals surface area contributed by atoms with Crippen molar-refractivity contribution in [2.24, 2.45) is 0 Å². The van der Waals surface area contributed by atoms with Crippen LogP contribution in [-0.2, 0) is 0 Å². The van der Waals surface area contributed by atoms with Gasteiger partial charge in [0, 0.05) is 24.8 Å². The third-order valence-corrected chi connectivity index (χ3v) is 2.69. The Hall–Kier alpha value is -1.02. The number of nitrogens with one attached hydrogen (secondary N) is 1. The zero-order valence-corrected chi connectivity index (χ0v) is 8.25. The van der Waals surface area contributed by atoms with Crippen molar-refractivity contribution in [3.63, 3.8) is 0 Å². The van der Waals surface area contributed by atoms with Crippen molar-refractivity contribution in [1.29, 1.82) is 0 Å². The number of nitrogens with zero attached hydrogens (tertiary/aromatic N) is 1. The zero-order chi connectivity index (χ0) is 9.26. The number of hydrogen-bond acceptors (Lipinski definition) is 2. The molecule has 0 bridgehead atoms. The SMILES string of the molecule is CNC1CN(c2ccc(C)cc2)C1. The van der Waals surface area contributed by atoms with Gasteiger partial charge in [0.15, 0.2) is 0 Å². The van der Waals surface area contributed by atoms with E-state index in [0.29, 0.717) is 6.04 Å². The van der Waals surface area contributed by atoms with Crippen LogP contribution in [0, 0.1) is 6.92 Å². The summed E-state index contributed by atoms with van der Waals surface area (Å²) in [7, 11) is 2.02. The molecule has 70 valence electrons. The standard InChI is InChI=1S/C11H16N2/c1-9-3-5-11(6-4-9)13-7-10(8-13)12-2/h3-6,10,12H,7-8H2,1-2H3. The van der Waals surface area contributed by atoms with E-state index in [2.05, 4.69) is 41.4 Å². The topological polar surface area (TPSA) is 15.3 Å². The van der Waals surface area contributed by atoms with Crippen molar-refractivity contribution in [3.8, 4) is 0 Å². The Labute approximate surface area is 79.6 Å². The number of hydrogen-bond donors (Lipinski definition) is 1. The van der Waals surface area contributed by atoms with Crippen molar-refractivity contribution in [2.45, 2.75) is 13.0 Å². The van der Waals surface area contributed by atoms with Crippen molar-refractivity contribution in [2.75, 3.05) is 25.0 Å². The van der Waals surface area contributed by atoms with Crippen LogP contribution < -0.4 is 10.2 Å². The molecule has 2 rings (SSSR count). The summed E-state index contributed by atoms with van der Waals surface area (Å²) in [5.41, 5.74) is 2.67. The normalized spacial score (nSPS) is 17.2. The van der Waals surface area contributed by atoms with Crippen LogP contribution in [0.1, 0.15) is 5.56 Å². The summed E-state index contributed by atoms with van der Waals surface area (Å²) in [5, 5.41) is 3.27. The van der Waals surface area contributed by atoms with Gasteiger partial charge in [-0.1, -0.05) is 17.7 Å². The first-order valence-electron chi connectivity index (χ1n) is 4.78. The highest BCUT2D eigenvalue weighted by molar-refractivity contribution is 5.50. The van der Waals surface area contributed by atoms with Gasteiger partial charge in [0.2, 0.25) is 0 Å². The first-order chi connectivity index (χ1) is 6.29. The largest absolute Gasteiger partial charge is 0.368 e. The second-order valence-corrected chi connectivity index (χ2v) is 3.73. The highest BCUT2D eigenvalue weighted by atomic mass is 15.2. The van der Waals surface area contributed by atoms with Crippen LogP contribution in [-0.4, -0.2) is 26.2 Å². The third-order valence-electron chi connectivity index (χ3n) is 2.69.